The number of ether oxygens (including phenoxy) is 7. The second-order valence-corrected chi connectivity index (χ2v) is 43.0. The smallest absolute Gasteiger partial charge is 0.416 e. The minimum absolute atomic E-state index is 0. The topological polar surface area (TPSA) is 301 Å². The lowest BCUT2D eigenvalue weighted by atomic mass is 9.78. The number of hydrogen-bond donors (Lipinski definition) is 4. The van der Waals surface area contributed by atoms with Crippen LogP contribution in [0, 0.1) is 68.8 Å². The quantitative estimate of drug-likeness (QED) is 0.0164. The molecule has 12 atom stereocenters. The maximum atomic E-state index is 13.4. The van der Waals surface area contributed by atoms with Crippen molar-refractivity contribution in [2.75, 3.05) is 0 Å². The van der Waals surface area contributed by atoms with E-state index in [1.165, 1.54) is 82.5 Å². The Bertz CT molecular complexity index is 6150. The van der Waals surface area contributed by atoms with Gasteiger partial charge in [-0.3, -0.25) is 28.3 Å². The Kier molecular flexibility index (Phi) is 35.7. The number of hydrogen-bond acceptors (Lipinski definition) is 19. The van der Waals surface area contributed by atoms with E-state index < -0.39 is 182 Å². The monoisotopic (exact) mass is 2700 g/mol. The SMILES string of the molecule is C.CC(F)(F)C(=O)OC1C2CC3C1OC(=O)C3C2C(=O)O.CC(F)(F)C(=O)OC1C2CC3C1OC(=O)C3C2C(=O)Oc1ccc(Oc2cc(I)c(O)c(I)c2)cc1.FC(F)(F)c1ccc([S+](c2ccc(I)cc2)c2ccc(C(F)(F)F)cc2)cc1.FC(F)(F)c1ccc([S+](c2ccc(I)cc2)c2ccc(C(F)(F)F)cc2)cc1.O=C(n1ccnc1)n1ccnc1.Oc1ccc(Oc2cc(I)c(O)c(I)c2)cc1. The summed E-state index contributed by atoms with van der Waals surface area (Å²) in [6, 6.07) is 53.0. The minimum atomic E-state index is -4.45. The summed E-state index contributed by atoms with van der Waals surface area (Å²) in [6.07, 6.45) is -11.8. The largest absolute Gasteiger partial charge is 0.508 e. The highest BCUT2D eigenvalue weighted by Crippen LogP contribution is 2.61. The van der Waals surface area contributed by atoms with Crippen molar-refractivity contribution in [1.29, 1.82) is 0 Å². The van der Waals surface area contributed by atoms with Crippen LogP contribution in [0.15, 0.2) is 285 Å². The number of aromatic hydroxyl groups is 3. The van der Waals surface area contributed by atoms with Crippen molar-refractivity contribution >= 4 is 199 Å². The number of aliphatic carboxylic acids is 1. The van der Waals surface area contributed by atoms with E-state index in [1.54, 1.807) is 85.5 Å². The van der Waals surface area contributed by atoms with Crippen LogP contribution in [0.2, 0.25) is 0 Å². The summed E-state index contributed by atoms with van der Waals surface area (Å²) in [6.45, 7) is 0.828. The van der Waals surface area contributed by atoms with Crippen molar-refractivity contribution in [2.24, 2.45) is 47.3 Å². The van der Waals surface area contributed by atoms with Gasteiger partial charge in [0.15, 0.2) is 29.4 Å². The Hall–Kier alpha value is -9.93. The Morgan fingerprint density at radius 3 is 0.958 bits per heavy atom. The Labute approximate surface area is 884 Å². The molecule has 142 heavy (non-hydrogen) atoms. The molecule has 4 N–H and O–H groups in total. The summed E-state index contributed by atoms with van der Waals surface area (Å²) in [7, 11) is -1.66. The molecule has 2 aliphatic heterocycles. The number of esters is 5. The van der Waals surface area contributed by atoms with Gasteiger partial charge in [0.25, 0.3) is 0 Å². The first-order valence-corrected chi connectivity index (χ1v) is 50.0. The van der Waals surface area contributed by atoms with E-state index in [9.17, 15) is 119 Å². The summed E-state index contributed by atoms with van der Waals surface area (Å²) in [4.78, 5) is 94.4. The number of aromatic nitrogens is 4. The fraction of sp³-hybridized carbons (Fsp3) is 0.240. The van der Waals surface area contributed by atoms with Crippen LogP contribution in [0.25, 0.3) is 0 Å². The van der Waals surface area contributed by atoms with Crippen LogP contribution in [0.5, 0.6) is 46.0 Å². The van der Waals surface area contributed by atoms with Crippen LogP contribution < -0.4 is 14.2 Å². The van der Waals surface area contributed by atoms with E-state index >= 15 is 0 Å². The molecular formula is C96H72F16I6N4O18S2+2. The van der Waals surface area contributed by atoms with Crippen LogP contribution in [0.1, 0.15) is 56.4 Å². The molecule has 4 heterocycles. The molecule has 46 heteroatoms. The van der Waals surface area contributed by atoms with Gasteiger partial charge in [-0.05, 0) is 367 Å². The molecule has 4 saturated carbocycles. The molecule has 0 amide bonds. The van der Waals surface area contributed by atoms with Gasteiger partial charge in [0.1, 0.15) is 83.1 Å². The molecule has 748 valence electrons. The number of carbonyl (C=O) groups is 7. The first-order valence-electron chi connectivity index (χ1n) is 41.0. The number of halogens is 22. The van der Waals surface area contributed by atoms with Crippen molar-refractivity contribution in [3.63, 3.8) is 0 Å². The second-order valence-electron chi connectivity index (χ2n) is 31.8. The standard InChI is InChI=1S/C24H18F2I2O8.2C20H12F6IS.C12H12F2O6.C12H8I2O3.C7H6N4O.CH4/c1-24(25,26)23(32)36-20-13-8-12-17(22(31)35-19(12)20)16(13)21(30)34-10-4-2-9(3-5-10)33-11-6-14(27)18(29)15(28)7-11;2*21-19(22,23)13-1-7-16(8-2-13)28(18-11-5-15(27)6-12-18)17-9-3-14(4-10-17)20(24,25)26;1-12(13,14)11(18)20-8-3-2-4-6(5(3)9(15)16)10(17)19-7(4)8;13-10-5-9(6-11(14)12(10)16)17-8-3-1-7(15)2-4-8;12-7(10-3-1-8-5-10)11-4-2-9-6-11;/h2-7,12-13,16-17,19-20,29H,8H2,1H3;2*1-12H;3-8H,2H2,1H3,(H,15,16);1-6,15-16H;1-6H;1H4/q;2*+1;;;;. The summed E-state index contributed by atoms with van der Waals surface area (Å²) in [5.41, 5.74) is -3.07. The zero-order valence-electron chi connectivity index (χ0n) is 71.5. The highest BCUT2D eigenvalue weighted by molar-refractivity contribution is 14.1. The molecule has 10 aromatic carbocycles. The lowest BCUT2D eigenvalue weighted by molar-refractivity contribution is -0.185. The van der Waals surface area contributed by atoms with Crippen molar-refractivity contribution in [1.82, 2.24) is 19.1 Å². The molecule has 6 aliphatic rings. The molecular weight excluding hydrogens is 2630 g/mol. The minimum Gasteiger partial charge on any atom is -0.508 e. The third-order valence-electron chi connectivity index (χ3n) is 22.4. The van der Waals surface area contributed by atoms with Gasteiger partial charge in [0.2, 0.25) is 0 Å². The van der Waals surface area contributed by atoms with Crippen LogP contribution in [0.3, 0.4) is 0 Å². The van der Waals surface area contributed by atoms with Crippen molar-refractivity contribution in [3.8, 4) is 46.0 Å². The molecule has 2 saturated heterocycles. The molecule has 4 aliphatic carbocycles. The lowest BCUT2D eigenvalue weighted by Gasteiger charge is -2.30. The van der Waals surface area contributed by atoms with E-state index in [1.807, 2.05) is 139 Å². The summed E-state index contributed by atoms with van der Waals surface area (Å²) in [5.74, 6) is -16.4. The number of nitrogens with zero attached hydrogens (tertiary/aromatic N) is 4. The Balaban J connectivity index is 0.000000156. The normalized spacial score (nSPS) is 20.0. The van der Waals surface area contributed by atoms with Gasteiger partial charge >= 0.3 is 78.4 Å². The summed E-state index contributed by atoms with van der Waals surface area (Å²) >= 11 is 12.3. The predicted octanol–water partition coefficient (Wildman–Crippen LogP) is 25.3. The van der Waals surface area contributed by atoms with Crippen molar-refractivity contribution in [2.45, 2.75) is 124 Å². The molecule has 0 spiro atoms. The summed E-state index contributed by atoms with van der Waals surface area (Å²) < 4.78 is 251. The highest BCUT2D eigenvalue weighted by atomic mass is 127. The predicted molar refractivity (Wildman–Crippen MR) is 529 cm³/mol. The van der Waals surface area contributed by atoms with Gasteiger partial charge in [-0.2, -0.15) is 70.2 Å². The molecule has 12 unspecified atom stereocenters. The Morgan fingerprint density at radius 2 is 0.676 bits per heavy atom. The number of imidazole rings is 2. The number of rotatable bonds is 17. The average molecular weight is 2700 g/mol. The van der Waals surface area contributed by atoms with Gasteiger partial charge in [-0.1, -0.05) is 7.43 Å². The molecule has 0 radical (unpaired) electrons. The van der Waals surface area contributed by atoms with E-state index in [0.717, 1.165) is 72.6 Å². The number of benzene rings is 10. The van der Waals surface area contributed by atoms with Crippen LogP contribution >= 0.6 is 136 Å². The van der Waals surface area contributed by atoms with E-state index in [4.69, 9.17) is 38.3 Å². The fourth-order valence-electron chi connectivity index (χ4n) is 16.1. The van der Waals surface area contributed by atoms with Gasteiger partial charge in [0, 0.05) is 69.4 Å². The molecule has 4 bridgehead atoms. The molecule has 12 aromatic rings. The first-order chi connectivity index (χ1) is 66.2. The van der Waals surface area contributed by atoms with Crippen LogP contribution in [-0.4, -0.2) is 118 Å². The van der Waals surface area contributed by atoms with E-state index in [2.05, 4.69) is 55.1 Å². The zero-order valence-corrected chi connectivity index (χ0v) is 86.1. The Morgan fingerprint density at radius 1 is 0.394 bits per heavy atom. The van der Waals surface area contributed by atoms with Crippen molar-refractivity contribution in [3.05, 3.63) is 300 Å². The molecule has 22 nitrogen and oxygen atoms in total. The molecule has 2 aromatic heterocycles. The zero-order chi connectivity index (χ0) is 103. The van der Waals surface area contributed by atoms with E-state index in [0.29, 0.717) is 76.4 Å². The maximum Gasteiger partial charge on any atom is 0.416 e. The number of phenolic OH excluding ortho intramolecular Hbond substituents is 3. The molecule has 18 rings (SSSR count). The second kappa shape index (κ2) is 45.8. The number of carbonyl (C=O) groups excluding carboxylic acids is 6. The van der Waals surface area contributed by atoms with Crippen LogP contribution in [0.4, 0.5) is 75.0 Å². The van der Waals surface area contributed by atoms with Gasteiger partial charge in [-0.15, -0.1) is 0 Å². The van der Waals surface area contributed by atoms with Gasteiger partial charge in [0.05, 0.1) is 82.0 Å². The van der Waals surface area contributed by atoms with Gasteiger partial charge in [-0.25, -0.2) is 24.4 Å². The molecule has 6 fully saturated rings. The third kappa shape index (κ3) is 26.9. The lowest BCUT2D eigenvalue weighted by Crippen LogP contribution is -2.46. The maximum absolute atomic E-state index is 13.4. The number of alkyl halides is 16. The van der Waals surface area contributed by atoms with E-state index in [-0.39, 0.29) is 42.4 Å². The van der Waals surface area contributed by atoms with Crippen molar-refractivity contribution < 1.29 is 157 Å². The highest BCUT2D eigenvalue weighted by Gasteiger charge is 2.72. The van der Waals surface area contributed by atoms with Crippen LogP contribution in [-0.2, 0) is 94.2 Å². The third-order valence-corrected chi connectivity index (χ3v) is 31.6. The number of fused-ring (bicyclic) bond motifs is 2. The van der Waals surface area contributed by atoms with Gasteiger partial charge < -0.3 is 53.6 Å². The number of phenols is 3. The average Bonchev–Trinajstić information content (AvgIpc) is 1.55. The summed E-state index contributed by atoms with van der Waals surface area (Å²) in [5, 5.41) is 37.9. The number of carboxylic acids is 1. The fourth-order valence-corrected chi connectivity index (χ4v) is 24.3. The first kappa shape index (κ1) is 111. The number of carboxylic acid groups (broad SMARTS) is 1.